The molecule has 0 spiro atoms. The van der Waals surface area contributed by atoms with Gasteiger partial charge in [-0.15, -0.1) is 0 Å². The summed E-state index contributed by atoms with van der Waals surface area (Å²) in [7, 11) is 0. The molecule has 0 radical (unpaired) electrons. The highest BCUT2D eigenvalue weighted by Gasteiger charge is 2.24. The van der Waals surface area contributed by atoms with Gasteiger partial charge >= 0.3 is 0 Å². The van der Waals surface area contributed by atoms with Crippen molar-refractivity contribution in [2.75, 3.05) is 18.0 Å². The molecule has 1 saturated heterocycles. The van der Waals surface area contributed by atoms with Gasteiger partial charge in [-0.2, -0.15) is 0 Å². The number of carbonyl (C=O) groups excluding carboxylic acids is 2. The lowest BCUT2D eigenvalue weighted by Gasteiger charge is -2.34. The van der Waals surface area contributed by atoms with Crippen molar-refractivity contribution in [3.05, 3.63) is 84.0 Å². The van der Waals surface area contributed by atoms with E-state index in [0.29, 0.717) is 5.69 Å². The second-order valence-corrected chi connectivity index (χ2v) is 7.99. The standard InChI is InChI=1S/C25H27N5O3/c1-18-24(26-17-30(18)21-8-3-2-4-9-21)25(32)27-20-13-15-29(16-14-20)22-10-6-5-7-19(22)11-12-23(31)28-33/h2-12,17,20,33H,13-16H2,1H3,(H,27,32)(H,28,31)/b12-11+. The summed E-state index contributed by atoms with van der Waals surface area (Å²) >= 11 is 0. The lowest BCUT2D eigenvalue weighted by atomic mass is 10.0. The van der Waals surface area contributed by atoms with Gasteiger partial charge in [-0.1, -0.05) is 36.4 Å². The van der Waals surface area contributed by atoms with E-state index in [1.165, 1.54) is 6.08 Å². The first-order valence-corrected chi connectivity index (χ1v) is 10.9. The molecule has 0 atom stereocenters. The van der Waals surface area contributed by atoms with E-state index in [-0.39, 0.29) is 11.9 Å². The third-order valence-electron chi connectivity index (χ3n) is 5.89. The molecule has 2 aromatic carbocycles. The van der Waals surface area contributed by atoms with Crippen LogP contribution in [0.25, 0.3) is 11.8 Å². The van der Waals surface area contributed by atoms with Crippen molar-refractivity contribution in [2.24, 2.45) is 0 Å². The number of imidazole rings is 1. The number of hydrogen-bond donors (Lipinski definition) is 3. The summed E-state index contributed by atoms with van der Waals surface area (Å²) < 4.78 is 1.92. The average molecular weight is 446 g/mol. The number of nitrogens with zero attached hydrogens (tertiary/aromatic N) is 3. The van der Waals surface area contributed by atoms with Crippen LogP contribution >= 0.6 is 0 Å². The predicted octanol–water partition coefficient (Wildman–Crippen LogP) is 3.10. The number of carbonyl (C=O) groups is 2. The molecular formula is C25H27N5O3. The highest BCUT2D eigenvalue weighted by atomic mass is 16.5. The van der Waals surface area contributed by atoms with E-state index in [2.05, 4.69) is 15.2 Å². The highest BCUT2D eigenvalue weighted by Crippen LogP contribution is 2.25. The van der Waals surface area contributed by atoms with Crippen molar-refractivity contribution in [1.82, 2.24) is 20.3 Å². The van der Waals surface area contributed by atoms with Crippen LogP contribution in [0.3, 0.4) is 0 Å². The fourth-order valence-electron chi connectivity index (χ4n) is 4.12. The van der Waals surface area contributed by atoms with Crippen LogP contribution in [0.2, 0.25) is 0 Å². The third-order valence-corrected chi connectivity index (χ3v) is 5.89. The molecule has 1 fully saturated rings. The van der Waals surface area contributed by atoms with Crippen LogP contribution in [0, 0.1) is 6.92 Å². The number of hydrogen-bond acceptors (Lipinski definition) is 5. The molecule has 1 aliphatic heterocycles. The fourth-order valence-corrected chi connectivity index (χ4v) is 4.12. The molecule has 0 aliphatic carbocycles. The zero-order valence-electron chi connectivity index (χ0n) is 18.4. The average Bonchev–Trinajstić information content (AvgIpc) is 3.25. The van der Waals surface area contributed by atoms with Crippen LogP contribution in [-0.4, -0.2) is 45.7 Å². The van der Waals surface area contributed by atoms with Crippen molar-refractivity contribution < 1.29 is 14.8 Å². The smallest absolute Gasteiger partial charge is 0.271 e. The Labute approximate surface area is 192 Å². The fraction of sp³-hybridized carbons (Fsp3) is 0.240. The van der Waals surface area contributed by atoms with Crippen LogP contribution in [0.1, 0.15) is 34.6 Å². The van der Waals surface area contributed by atoms with Crippen LogP contribution in [0.15, 0.2) is 67.0 Å². The summed E-state index contributed by atoms with van der Waals surface area (Å²) in [6, 6.07) is 17.7. The van der Waals surface area contributed by atoms with Crippen LogP contribution in [0.5, 0.6) is 0 Å². The molecule has 1 aromatic heterocycles. The first-order valence-electron chi connectivity index (χ1n) is 10.9. The molecule has 2 amide bonds. The van der Waals surface area contributed by atoms with Crippen LogP contribution in [-0.2, 0) is 4.79 Å². The summed E-state index contributed by atoms with van der Waals surface area (Å²) in [5.74, 6) is -0.727. The number of rotatable bonds is 6. The molecule has 0 unspecified atom stereocenters. The van der Waals surface area contributed by atoms with Gasteiger partial charge in [0.1, 0.15) is 12.0 Å². The van der Waals surface area contributed by atoms with Crippen molar-refractivity contribution in [1.29, 1.82) is 0 Å². The topological polar surface area (TPSA) is 99.5 Å². The number of amides is 2. The Morgan fingerprint density at radius 1 is 1.06 bits per heavy atom. The minimum atomic E-state index is -0.573. The van der Waals surface area contributed by atoms with Gasteiger partial charge in [0.2, 0.25) is 0 Å². The Balaban J connectivity index is 1.38. The van der Waals surface area contributed by atoms with Gasteiger partial charge in [-0.25, -0.2) is 10.5 Å². The Kier molecular flexibility index (Phi) is 6.85. The Morgan fingerprint density at radius 3 is 2.48 bits per heavy atom. The zero-order valence-corrected chi connectivity index (χ0v) is 18.4. The van der Waals surface area contributed by atoms with Crippen molar-refractivity contribution in [3.63, 3.8) is 0 Å². The van der Waals surface area contributed by atoms with Crippen molar-refractivity contribution in [3.8, 4) is 5.69 Å². The number of benzene rings is 2. The third kappa shape index (κ3) is 5.12. The summed E-state index contributed by atoms with van der Waals surface area (Å²) in [6.45, 7) is 3.46. The van der Waals surface area contributed by atoms with Crippen molar-refractivity contribution >= 4 is 23.6 Å². The molecule has 170 valence electrons. The van der Waals surface area contributed by atoms with Gasteiger partial charge in [-0.05, 0) is 49.6 Å². The number of anilines is 1. The normalized spacial score (nSPS) is 14.4. The zero-order chi connectivity index (χ0) is 23.2. The number of piperidine rings is 1. The van der Waals surface area contributed by atoms with Crippen LogP contribution in [0.4, 0.5) is 5.69 Å². The maximum absolute atomic E-state index is 12.9. The molecule has 2 heterocycles. The van der Waals surface area contributed by atoms with Gasteiger partial charge in [-0.3, -0.25) is 14.8 Å². The van der Waals surface area contributed by atoms with Gasteiger partial charge in [0.25, 0.3) is 11.8 Å². The van der Waals surface area contributed by atoms with E-state index in [1.54, 1.807) is 17.9 Å². The molecule has 33 heavy (non-hydrogen) atoms. The molecule has 3 N–H and O–H groups in total. The Hall–Kier alpha value is -3.91. The number of hydroxylamine groups is 1. The number of para-hydroxylation sites is 2. The molecule has 8 nitrogen and oxygen atoms in total. The molecule has 3 aromatic rings. The van der Waals surface area contributed by atoms with Crippen LogP contribution < -0.4 is 15.7 Å². The van der Waals surface area contributed by atoms with E-state index in [1.807, 2.05) is 66.1 Å². The van der Waals surface area contributed by atoms with E-state index >= 15 is 0 Å². The van der Waals surface area contributed by atoms with Crippen molar-refractivity contribution in [2.45, 2.75) is 25.8 Å². The van der Waals surface area contributed by atoms with E-state index in [0.717, 1.165) is 48.6 Å². The summed E-state index contributed by atoms with van der Waals surface area (Å²) in [4.78, 5) is 30.8. The van der Waals surface area contributed by atoms with E-state index in [4.69, 9.17) is 5.21 Å². The molecule has 4 rings (SSSR count). The highest BCUT2D eigenvalue weighted by molar-refractivity contribution is 5.94. The quantitative estimate of drug-likeness (QED) is 0.308. The largest absolute Gasteiger partial charge is 0.371 e. The summed E-state index contributed by atoms with van der Waals surface area (Å²) in [6.07, 6.45) is 6.27. The lowest BCUT2D eigenvalue weighted by Crippen LogP contribution is -2.45. The minimum absolute atomic E-state index is 0.0675. The molecular weight excluding hydrogens is 418 g/mol. The summed E-state index contributed by atoms with van der Waals surface area (Å²) in [5.41, 5.74) is 5.73. The maximum Gasteiger partial charge on any atom is 0.271 e. The summed E-state index contributed by atoms with van der Waals surface area (Å²) in [5, 5.41) is 11.8. The lowest BCUT2D eigenvalue weighted by molar-refractivity contribution is -0.124. The second kappa shape index (κ2) is 10.1. The molecule has 8 heteroatoms. The SMILES string of the molecule is Cc1c(C(=O)NC2CCN(c3ccccc3/C=C/C(=O)NO)CC2)ncn1-c1ccccc1. The van der Waals surface area contributed by atoms with Gasteiger partial charge in [0, 0.05) is 36.6 Å². The molecule has 0 saturated carbocycles. The first kappa shape index (κ1) is 22.3. The number of nitrogens with one attached hydrogen (secondary N) is 2. The van der Waals surface area contributed by atoms with E-state index < -0.39 is 5.91 Å². The van der Waals surface area contributed by atoms with Gasteiger partial charge < -0.3 is 14.8 Å². The maximum atomic E-state index is 12.9. The minimum Gasteiger partial charge on any atom is -0.371 e. The van der Waals surface area contributed by atoms with Gasteiger partial charge in [0.05, 0.1) is 5.69 Å². The second-order valence-electron chi connectivity index (χ2n) is 7.99. The first-order chi connectivity index (χ1) is 16.1. The molecule has 0 bridgehead atoms. The predicted molar refractivity (Wildman–Crippen MR) is 126 cm³/mol. The number of aromatic nitrogens is 2. The Morgan fingerprint density at radius 2 is 1.76 bits per heavy atom. The van der Waals surface area contributed by atoms with Gasteiger partial charge in [0.15, 0.2) is 0 Å². The molecule has 1 aliphatic rings. The monoisotopic (exact) mass is 445 g/mol. The Bertz CT molecular complexity index is 1150. The van der Waals surface area contributed by atoms with E-state index in [9.17, 15) is 9.59 Å².